The summed E-state index contributed by atoms with van der Waals surface area (Å²) in [5, 5.41) is 0.835. The van der Waals surface area contributed by atoms with Crippen LogP contribution in [0.1, 0.15) is 41.3 Å². The molecule has 1 aliphatic carbocycles. The van der Waals surface area contributed by atoms with Gasteiger partial charge in [-0.2, -0.15) is 0 Å². The Morgan fingerprint density at radius 1 is 1.43 bits per heavy atom. The van der Waals surface area contributed by atoms with E-state index in [1.807, 2.05) is 6.92 Å². The monoisotopic (exact) mass is 286 g/mol. The van der Waals surface area contributed by atoms with E-state index in [2.05, 4.69) is 4.98 Å². The number of amides is 1. The fourth-order valence-electron chi connectivity index (χ4n) is 2.59. The van der Waals surface area contributed by atoms with E-state index in [0.29, 0.717) is 28.8 Å². The van der Waals surface area contributed by atoms with E-state index < -0.39 is 5.91 Å². The van der Waals surface area contributed by atoms with Gasteiger partial charge in [-0.15, -0.1) is 0 Å². The van der Waals surface area contributed by atoms with Crippen LogP contribution in [0.2, 0.25) is 0 Å². The zero-order valence-corrected chi connectivity index (χ0v) is 12.2. The largest absolute Gasteiger partial charge is 0.488 e. The number of aryl methyl sites for hydroxylation is 1. The van der Waals surface area contributed by atoms with Crippen LogP contribution in [-0.2, 0) is 6.42 Å². The van der Waals surface area contributed by atoms with Gasteiger partial charge in [-0.25, -0.2) is 0 Å². The summed E-state index contributed by atoms with van der Waals surface area (Å²) in [5.74, 6) is 0.0408. The number of aromatic nitrogens is 1. The van der Waals surface area contributed by atoms with Crippen LogP contribution in [0.5, 0.6) is 5.75 Å². The van der Waals surface area contributed by atoms with E-state index in [1.54, 1.807) is 19.1 Å². The second-order valence-corrected chi connectivity index (χ2v) is 5.49. The number of primary amides is 1. The Morgan fingerprint density at radius 2 is 2.14 bits per heavy atom. The van der Waals surface area contributed by atoms with Gasteiger partial charge >= 0.3 is 0 Å². The fraction of sp³-hybridized carbons (Fsp3) is 0.375. The molecule has 110 valence electrons. The lowest BCUT2D eigenvalue weighted by molar-refractivity contribution is 0.1000. The van der Waals surface area contributed by atoms with Crippen molar-refractivity contribution in [1.82, 2.24) is 4.98 Å². The minimum Gasteiger partial charge on any atom is -0.488 e. The Kier molecular flexibility index (Phi) is 3.20. The van der Waals surface area contributed by atoms with Gasteiger partial charge in [0, 0.05) is 16.5 Å². The molecular weight excluding hydrogens is 268 g/mol. The number of pyridine rings is 1. The molecule has 1 fully saturated rings. The number of H-pyrrole nitrogens is 1. The SMILES string of the molecule is CCc1c(C)c(=O)[nH]c2c(OC3CC3)cc(C(N)=O)cc12. The van der Waals surface area contributed by atoms with Crippen molar-refractivity contribution in [3.8, 4) is 5.75 Å². The topological polar surface area (TPSA) is 85.2 Å². The summed E-state index contributed by atoms with van der Waals surface area (Å²) in [6.45, 7) is 3.77. The van der Waals surface area contributed by atoms with Crippen LogP contribution in [0.4, 0.5) is 0 Å². The van der Waals surface area contributed by atoms with Crippen LogP contribution < -0.4 is 16.0 Å². The van der Waals surface area contributed by atoms with E-state index in [0.717, 1.165) is 23.8 Å². The van der Waals surface area contributed by atoms with Crippen molar-refractivity contribution in [3.63, 3.8) is 0 Å². The smallest absolute Gasteiger partial charge is 0.251 e. The first-order valence-electron chi connectivity index (χ1n) is 7.17. The highest BCUT2D eigenvalue weighted by Crippen LogP contribution is 2.33. The maximum absolute atomic E-state index is 12.1. The number of nitrogens with one attached hydrogen (secondary N) is 1. The lowest BCUT2D eigenvalue weighted by Gasteiger charge is -2.14. The number of benzene rings is 1. The first-order valence-corrected chi connectivity index (χ1v) is 7.17. The molecule has 0 bridgehead atoms. The van der Waals surface area contributed by atoms with E-state index in [9.17, 15) is 9.59 Å². The molecular formula is C16H18N2O3. The van der Waals surface area contributed by atoms with Gasteiger partial charge in [0.1, 0.15) is 5.75 Å². The summed E-state index contributed by atoms with van der Waals surface area (Å²) in [4.78, 5) is 26.5. The summed E-state index contributed by atoms with van der Waals surface area (Å²) >= 11 is 0. The molecule has 3 N–H and O–H groups in total. The molecule has 0 aliphatic heterocycles. The molecule has 1 aromatic carbocycles. The second kappa shape index (κ2) is 4.91. The van der Waals surface area contributed by atoms with E-state index in [1.165, 1.54) is 0 Å². The van der Waals surface area contributed by atoms with Crippen LogP contribution in [0.3, 0.4) is 0 Å². The molecule has 1 amide bonds. The minimum atomic E-state index is -0.497. The number of hydrogen-bond donors (Lipinski definition) is 2. The first kappa shape index (κ1) is 13.7. The van der Waals surface area contributed by atoms with Crippen molar-refractivity contribution in [2.45, 2.75) is 39.2 Å². The third-order valence-corrected chi connectivity index (χ3v) is 3.92. The Morgan fingerprint density at radius 3 is 2.71 bits per heavy atom. The average molecular weight is 286 g/mol. The van der Waals surface area contributed by atoms with E-state index >= 15 is 0 Å². The van der Waals surface area contributed by atoms with Gasteiger partial charge in [0.05, 0.1) is 11.6 Å². The Labute approximate surface area is 122 Å². The maximum Gasteiger partial charge on any atom is 0.251 e. The molecule has 0 unspecified atom stereocenters. The van der Waals surface area contributed by atoms with E-state index in [4.69, 9.17) is 10.5 Å². The highest BCUT2D eigenvalue weighted by molar-refractivity contribution is 6.00. The van der Waals surface area contributed by atoms with Crippen molar-refractivity contribution < 1.29 is 9.53 Å². The van der Waals surface area contributed by atoms with Crippen LogP contribution in [0.25, 0.3) is 10.9 Å². The highest BCUT2D eigenvalue weighted by atomic mass is 16.5. The van der Waals surface area contributed by atoms with Crippen LogP contribution in [0, 0.1) is 6.92 Å². The summed E-state index contributed by atoms with van der Waals surface area (Å²) < 4.78 is 5.85. The number of hydrogen-bond acceptors (Lipinski definition) is 3. The molecule has 2 aromatic rings. The summed E-state index contributed by atoms with van der Waals surface area (Å²) in [5.41, 5.74) is 7.95. The lowest BCUT2D eigenvalue weighted by Crippen LogP contribution is -2.16. The quantitative estimate of drug-likeness (QED) is 0.902. The normalized spacial score (nSPS) is 14.4. The van der Waals surface area contributed by atoms with Crippen molar-refractivity contribution >= 4 is 16.8 Å². The van der Waals surface area contributed by atoms with Gasteiger partial charge in [-0.3, -0.25) is 9.59 Å². The molecule has 0 saturated heterocycles. The number of carbonyl (C=O) groups excluding carboxylic acids is 1. The standard InChI is InChI=1S/C16H18N2O3/c1-3-11-8(2)16(20)18-14-12(11)6-9(15(17)19)7-13(14)21-10-4-5-10/h6-7,10H,3-5H2,1-2H3,(H2,17,19)(H,18,20). The minimum absolute atomic E-state index is 0.119. The molecule has 1 saturated carbocycles. The summed E-state index contributed by atoms with van der Waals surface area (Å²) in [7, 11) is 0. The van der Waals surface area contributed by atoms with Crippen LogP contribution in [0.15, 0.2) is 16.9 Å². The van der Waals surface area contributed by atoms with Crippen molar-refractivity contribution in [1.29, 1.82) is 0 Å². The predicted octanol–water partition coefficient (Wildman–Crippen LogP) is 2.04. The number of nitrogens with two attached hydrogens (primary N) is 1. The zero-order valence-electron chi connectivity index (χ0n) is 12.2. The number of fused-ring (bicyclic) bond motifs is 1. The lowest BCUT2D eigenvalue weighted by atomic mass is 9.99. The molecule has 5 heteroatoms. The number of rotatable bonds is 4. The van der Waals surface area contributed by atoms with Gasteiger partial charge in [0.15, 0.2) is 0 Å². The van der Waals surface area contributed by atoms with E-state index in [-0.39, 0.29) is 11.7 Å². The van der Waals surface area contributed by atoms with Gasteiger partial charge in [-0.1, -0.05) is 6.92 Å². The van der Waals surface area contributed by atoms with Gasteiger partial charge in [-0.05, 0) is 43.9 Å². The number of ether oxygens (including phenoxy) is 1. The average Bonchev–Trinajstić information content (AvgIpc) is 3.24. The molecule has 0 atom stereocenters. The third kappa shape index (κ3) is 2.39. The molecule has 1 aromatic heterocycles. The van der Waals surface area contributed by atoms with Crippen molar-refractivity contribution in [2.24, 2.45) is 5.73 Å². The van der Waals surface area contributed by atoms with Crippen LogP contribution in [-0.4, -0.2) is 17.0 Å². The summed E-state index contributed by atoms with van der Waals surface area (Å²) in [6, 6.07) is 3.35. The van der Waals surface area contributed by atoms with Crippen molar-refractivity contribution in [3.05, 3.63) is 39.2 Å². The Hall–Kier alpha value is -2.30. The summed E-state index contributed by atoms with van der Waals surface area (Å²) in [6.07, 6.45) is 2.88. The second-order valence-electron chi connectivity index (χ2n) is 5.49. The number of aromatic amines is 1. The molecule has 21 heavy (non-hydrogen) atoms. The van der Waals surface area contributed by atoms with Crippen molar-refractivity contribution in [2.75, 3.05) is 0 Å². The molecule has 3 rings (SSSR count). The molecule has 5 nitrogen and oxygen atoms in total. The molecule has 1 heterocycles. The third-order valence-electron chi connectivity index (χ3n) is 3.92. The maximum atomic E-state index is 12.1. The Balaban J connectivity index is 2.34. The Bertz CT molecular complexity index is 788. The van der Waals surface area contributed by atoms with Gasteiger partial charge < -0.3 is 15.5 Å². The zero-order chi connectivity index (χ0) is 15.1. The predicted molar refractivity (Wildman–Crippen MR) is 80.9 cm³/mol. The highest BCUT2D eigenvalue weighted by Gasteiger charge is 2.25. The van der Waals surface area contributed by atoms with Gasteiger partial charge in [0.25, 0.3) is 5.56 Å². The first-order chi connectivity index (χ1) is 10.0. The molecule has 0 radical (unpaired) electrons. The number of carbonyl (C=O) groups is 1. The fourth-order valence-corrected chi connectivity index (χ4v) is 2.59. The van der Waals surface area contributed by atoms with Gasteiger partial charge in [0.2, 0.25) is 5.91 Å². The van der Waals surface area contributed by atoms with Crippen LogP contribution >= 0.6 is 0 Å². The molecule has 1 aliphatic rings. The molecule has 0 spiro atoms.